The lowest BCUT2D eigenvalue weighted by atomic mass is 9.97. The molecule has 4 rings (SSSR count). The van der Waals surface area contributed by atoms with Crippen molar-refractivity contribution in [3.63, 3.8) is 0 Å². The van der Waals surface area contributed by atoms with Crippen molar-refractivity contribution in [1.29, 1.82) is 0 Å². The Morgan fingerprint density at radius 1 is 0.925 bits per heavy atom. The summed E-state index contributed by atoms with van der Waals surface area (Å²) in [6.45, 7) is 3.47. The highest BCUT2D eigenvalue weighted by Gasteiger charge is 2.29. The number of carbonyl (C=O) groups is 1. The number of halogens is 5. The van der Waals surface area contributed by atoms with Crippen molar-refractivity contribution >= 4 is 63.1 Å². The quantitative estimate of drug-likeness (QED) is 0.147. The summed E-state index contributed by atoms with van der Waals surface area (Å²) < 4.78 is 46.0. The van der Waals surface area contributed by atoms with Gasteiger partial charge in [-0.05, 0) is 64.4 Å². The SMILES string of the molecule is CC(C)C(=O)/C(COc1ccc2cc(-c3cccc(NSC(F)(F)F)c3)ccc2c1)=C(\N)c1c(Cl)cccc1Cl. The summed E-state index contributed by atoms with van der Waals surface area (Å²) in [6.07, 6.45) is 0. The summed E-state index contributed by atoms with van der Waals surface area (Å²) in [4.78, 5) is 13.0. The monoisotopic (exact) mass is 604 g/mol. The molecule has 208 valence electrons. The molecule has 0 saturated carbocycles. The van der Waals surface area contributed by atoms with Crippen molar-refractivity contribution < 1.29 is 22.7 Å². The summed E-state index contributed by atoms with van der Waals surface area (Å²) in [5, 5.41) is 2.46. The zero-order valence-corrected chi connectivity index (χ0v) is 23.8. The number of hydrogen-bond donors (Lipinski definition) is 2. The van der Waals surface area contributed by atoms with E-state index in [4.69, 9.17) is 33.7 Å². The average molecular weight is 606 g/mol. The number of alkyl halides is 3. The first-order valence-corrected chi connectivity index (χ1v) is 13.7. The van der Waals surface area contributed by atoms with Crippen molar-refractivity contribution in [3.8, 4) is 16.9 Å². The van der Waals surface area contributed by atoms with E-state index in [2.05, 4.69) is 4.72 Å². The highest BCUT2D eigenvalue weighted by Crippen LogP contribution is 2.34. The maximum Gasteiger partial charge on any atom is 0.461 e. The number of carbonyl (C=O) groups excluding carboxylic acids is 1. The minimum absolute atomic E-state index is 0.0796. The van der Waals surface area contributed by atoms with Crippen LogP contribution in [0.25, 0.3) is 27.6 Å². The maximum atomic E-state index is 13.0. The average Bonchev–Trinajstić information content (AvgIpc) is 2.91. The minimum Gasteiger partial charge on any atom is -0.489 e. The lowest BCUT2D eigenvalue weighted by Crippen LogP contribution is -2.21. The van der Waals surface area contributed by atoms with Crippen molar-refractivity contribution in [2.75, 3.05) is 11.3 Å². The summed E-state index contributed by atoms with van der Waals surface area (Å²) in [6, 6.07) is 23.0. The van der Waals surface area contributed by atoms with Crippen molar-refractivity contribution in [2.45, 2.75) is 19.4 Å². The molecule has 0 aliphatic carbocycles. The van der Waals surface area contributed by atoms with E-state index in [1.807, 2.05) is 36.4 Å². The number of ketones is 1. The van der Waals surface area contributed by atoms with Gasteiger partial charge >= 0.3 is 5.51 Å². The van der Waals surface area contributed by atoms with Gasteiger partial charge in [0.2, 0.25) is 0 Å². The van der Waals surface area contributed by atoms with E-state index in [1.54, 1.807) is 56.3 Å². The zero-order valence-electron chi connectivity index (χ0n) is 21.5. The molecular weight excluding hydrogens is 580 g/mol. The third-order valence-electron chi connectivity index (χ3n) is 6.05. The Bertz CT molecular complexity index is 1570. The molecule has 0 bridgehead atoms. The van der Waals surface area contributed by atoms with Crippen LogP contribution in [0.15, 0.2) is 84.4 Å². The minimum atomic E-state index is -4.38. The Kier molecular flexibility index (Phi) is 9.23. The molecule has 0 radical (unpaired) electrons. The Balaban J connectivity index is 1.57. The maximum absolute atomic E-state index is 13.0. The third kappa shape index (κ3) is 7.24. The fourth-order valence-corrected chi connectivity index (χ4v) is 5.03. The van der Waals surface area contributed by atoms with Gasteiger partial charge in [0, 0.05) is 17.2 Å². The lowest BCUT2D eigenvalue weighted by Gasteiger charge is -2.17. The third-order valence-corrected chi connectivity index (χ3v) is 7.25. The summed E-state index contributed by atoms with van der Waals surface area (Å²) >= 11 is 12.4. The number of nitrogens with two attached hydrogens (primary N) is 1. The molecule has 0 heterocycles. The molecular formula is C30H25Cl2F3N2O2S. The first kappa shape index (κ1) is 29.6. The van der Waals surface area contributed by atoms with E-state index >= 15 is 0 Å². The molecule has 0 aromatic heterocycles. The van der Waals surface area contributed by atoms with Crippen molar-refractivity contribution in [1.82, 2.24) is 0 Å². The number of Topliss-reactive ketones (excluding diaryl/α,β-unsaturated/α-hetero) is 1. The topological polar surface area (TPSA) is 64.3 Å². The predicted molar refractivity (Wildman–Crippen MR) is 160 cm³/mol. The molecule has 4 aromatic carbocycles. The molecule has 0 aliphatic rings. The molecule has 4 nitrogen and oxygen atoms in total. The Morgan fingerprint density at radius 3 is 2.23 bits per heavy atom. The van der Waals surface area contributed by atoms with Crippen LogP contribution in [0.3, 0.4) is 0 Å². The normalized spacial score (nSPS) is 12.4. The molecule has 0 atom stereocenters. The van der Waals surface area contributed by atoms with Crippen LogP contribution >= 0.6 is 35.1 Å². The second-order valence-corrected chi connectivity index (χ2v) is 10.9. The molecule has 0 fully saturated rings. The largest absolute Gasteiger partial charge is 0.489 e. The van der Waals surface area contributed by atoms with Gasteiger partial charge in [-0.25, -0.2) is 0 Å². The van der Waals surface area contributed by atoms with E-state index in [0.717, 1.165) is 21.9 Å². The van der Waals surface area contributed by atoms with Gasteiger partial charge in [0.05, 0.1) is 33.3 Å². The van der Waals surface area contributed by atoms with Crippen LogP contribution in [-0.4, -0.2) is 17.9 Å². The van der Waals surface area contributed by atoms with Gasteiger partial charge in [0.1, 0.15) is 12.4 Å². The van der Waals surface area contributed by atoms with E-state index in [-0.39, 0.29) is 41.5 Å². The molecule has 4 aromatic rings. The number of rotatable bonds is 9. The molecule has 10 heteroatoms. The number of ether oxygens (including phenoxy) is 1. The molecule has 40 heavy (non-hydrogen) atoms. The number of benzene rings is 4. The number of nitrogens with one attached hydrogen (secondary N) is 1. The van der Waals surface area contributed by atoms with Crippen LogP contribution in [0.5, 0.6) is 5.75 Å². The molecule has 3 N–H and O–H groups in total. The fraction of sp³-hybridized carbons (Fsp3) is 0.167. The van der Waals surface area contributed by atoms with Crippen LogP contribution in [0, 0.1) is 5.92 Å². The van der Waals surface area contributed by atoms with Crippen LogP contribution in [0.2, 0.25) is 10.0 Å². The zero-order chi connectivity index (χ0) is 29.0. The van der Waals surface area contributed by atoms with Gasteiger partial charge in [-0.1, -0.05) is 73.4 Å². The van der Waals surface area contributed by atoms with Crippen LogP contribution in [-0.2, 0) is 4.79 Å². The molecule has 0 unspecified atom stereocenters. The van der Waals surface area contributed by atoms with E-state index in [0.29, 0.717) is 27.0 Å². The van der Waals surface area contributed by atoms with Crippen molar-refractivity contribution in [2.24, 2.45) is 11.7 Å². The van der Waals surface area contributed by atoms with Crippen molar-refractivity contribution in [3.05, 3.63) is 100 Å². The van der Waals surface area contributed by atoms with Gasteiger partial charge in [0.25, 0.3) is 0 Å². The van der Waals surface area contributed by atoms with Gasteiger partial charge in [-0.3, -0.25) is 4.79 Å². The van der Waals surface area contributed by atoms with Gasteiger partial charge in [0.15, 0.2) is 5.78 Å². The summed E-state index contributed by atoms with van der Waals surface area (Å²) in [5.74, 6) is 0.0289. The van der Waals surface area contributed by atoms with E-state index < -0.39 is 5.51 Å². The Labute approximate surface area is 244 Å². The van der Waals surface area contributed by atoms with Gasteiger partial charge in [-0.2, -0.15) is 13.2 Å². The van der Waals surface area contributed by atoms with E-state index in [1.165, 1.54) is 0 Å². The molecule has 0 aliphatic heterocycles. The van der Waals surface area contributed by atoms with E-state index in [9.17, 15) is 18.0 Å². The highest BCUT2D eigenvalue weighted by atomic mass is 35.5. The smallest absolute Gasteiger partial charge is 0.461 e. The van der Waals surface area contributed by atoms with Gasteiger partial charge < -0.3 is 15.2 Å². The lowest BCUT2D eigenvalue weighted by molar-refractivity contribution is -0.118. The summed E-state index contributed by atoms with van der Waals surface area (Å²) in [7, 11) is 0. The number of fused-ring (bicyclic) bond motifs is 1. The molecule has 0 spiro atoms. The van der Waals surface area contributed by atoms with Crippen LogP contribution in [0.4, 0.5) is 18.9 Å². The standard InChI is InChI=1S/C30H25Cl2F3N2O2S/c1-17(2)29(38)24(28(36)27-25(31)7-4-8-26(27)32)16-39-23-12-11-20-13-19(9-10-21(20)15-23)18-5-3-6-22(14-18)37-40-30(33,34)35/h3-15,17,37H,16,36H2,1-2H3/b28-24-. The molecule has 0 amide bonds. The second-order valence-electron chi connectivity index (χ2n) is 9.25. The first-order chi connectivity index (χ1) is 18.9. The first-order valence-electron chi connectivity index (χ1n) is 12.2. The number of hydrogen-bond acceptors (Lipinski definition) is 5. The predicted octanol–water partition coefficient (Wildman–Crippen LogP) is 9.37. The Hall–Kier alpha value is -3.33. The Morgan fingerprint density at radius 2 is 1.55 bits per heavy atom. The molecule has 0 saturated heterocycles. The number of anilines is 1. The van der Waals surface area contributed by atoms with Crippen LogP contribution in [0.1, 0.15) is 19.4 Å². The summed E-state index contributed by atoms with van der Waals surface area (Å²) in [5.41, 5.74) is 4.82. The van der Waals surface area contributed by atoms with Crippen LogP contribution < -0.4 is 15.2 Å². The fourth-order valence-electron chi connectivity index (χ4n) is 4.06. The highest BCUT2D eigenvalue weighted by molar-refractivity contribution is 8.01. The van der Waals surface area contributed by atoms with Gasteiger partial charge in [-0.15, -0.1) is 0 Å². The second kappa shape index (κ2) is 12.5.